The van der Waals surface area contributed by atoms with Crippen LogP contribution >= 0.6 is 15.9 Å². The summed E-state index contributed by atoms with van der Waals surface area (Å²) in [6.45, 7) is 1.91. The zero-order valence-corrected chi connectivity index (χ0v) is 12.7. The second-order valence-corrected chi connectivity index (χ2v) is 5.21. The molecule has 0 bridgehead atoms. The number of nitro benzene ring substituents is 1. The standard InChI is InChI=1S/C14H12BrN3O3/c1-8-3-2-4-11(13(8)15)17-14(19)9-5-6-12(18(20)21)10(16)7-9/h2-7H,16H2,1H3,(H,17,19). The number of nitrogens with two attached hydrogens (primary N) is 1. The highest BCUT2D eigenvalue weighted by Gasteiger charge is 2.15. The van der Waals surface area contributed by atoms with Crippen LogP contribution in [0.5, 0.6) is 0 Å². The molecule has 2 aromatic carbocycles. The number of halogens is 1. The number of hydrogen-bond acceptors (Lipinski definition) is 4. The molecular formula is C14H12BrN3O3. The quantitative estimate of drug-likeness (QED) is 0.503. The Labute approximate surface area is 129 Å². The Kier molecular flexibility index (Phi) is 4.23. The number of nitrogens with one attached hydrogen (secondary N) is 1. The van der Waals surface area contributed by atoms with Gasteiger partial charge in [-0.05, 0) is 46.6 Å². The fraction of sp³-hybridized carbons (Fsp3) is 0.0714. The van der Waals surface area contributed by atoms with Crippen LogP contribution in [0.2, 0.25) is 0 Å². The highest BCUT2D eigenvalue weighted by Crippen LogP contribution is 2.27. The van der Waals surface area contributed by atoms with Gasteiger partial charge in [-0.1, -0.05) is 12.1 Å². The van der Waals surface area contributed by atoms with E-state index in [1.807, 2.05) is 19.1 Å². The van der Waals surface area contributed by atoms with E-state index < -0.39 is 4.92 Å². The first-order valence-corrected chi connectivity index (χ1v) is 6.80. The van der Waals surface area contributed by atoms with E-state index in [4.69, 9.17) is 5.73 Å². The largest absolute Gasteiger partial charge is 0.393 e. The highest BCUT2D eigenvalue weighted by molar-refractivity contribution is 9.10. The van der Waals surface area contributed by atoms with E-state index in [-0.39, 0.29) is 22.8 Å². The molecule has 0 saturated heterocycles. The van der Waals surface area contributed by atoms with E-state index in [0.717, 1.165) is 10.0 Å². The Hall–Kier alpha value is -2.41. The van der Waals surface area contributed by atoms with Crippen molar-refractivity contribution in [1.82, 2.24) is 0 Å². The maximum atomic E-state index is 12.2. The molecule has 0 spiro atoms. The summed E-state index contributed by atoms with van der Waals surface area (Å²) in [4.78, 5) is 22.3. The van der Waals surface area contributed by atoms with Gasteiger partial charge in [0.1, 0.15) is 5.69 Å². The lowest BCUT2D eigenvalue weighted by Crippen LogP contribution is -2.13. The van der Waals surface area contributed by atoms with Crippen LogP contribution in [0, 0.1) is 17.0 Å². The number of nitro groups is 1. The molecule has 0 saturated carbocycles. The molecule has 0 heterocycles. The number of nitrogen functional groups attached to an aromatic ring is 1. The van der Waals surface area contributed by atoms with Crippen LogP contribution < -0.4 is 11.1 Å². The summed E-state index contributed by atoms with van der Waals surface area (Å²) in [5.74, 6) is -0.386. The van der Waals surface area contributed by atoms with Crippen LogP contribution in [0.3, 0.4) is 0 Å². The van der Waals surface area contributed by atoms with Gasteiger partial charge >= 0.3 is 0 Å². The number of hydrogen-bond donors (Lipinski definition) is 2. The molecule has 3 N–H and O–H groups in total. The Morgan fingerprint density at radius 3 is 2.67 bits per heavy atom. The summed E-state index contributed by atoms with van der Waals surface area (Å²) in [5.41, 5.74) is 7.17. The van der Waals surface area contributed by atoms with Gasteiger partial charge in [0.2, 0.25) is 0 Å². The van der Waals surface area contributed by atoms with Crippen molar-refractivity contribution in [3.63, 3.8) is 0 Å². The van der Waals surface area contributed by atoms with Crippen LogP contribution in [0.4, 0.5) is 17.1 Å². The van der Waals surface area contributed by atoms with Crippen LogP contribution in [-0.4, -0.2) is 10.8 Å². The first-order valence-electron chi connectivity index (χ1n) is 6.00. The van der Waals surface area contributed by atoms with Crippen molar-refractivity contribution in [2.75, 3.05) is 11.1 Å². The minimum Gasteiger partial charge on any atom is -0.393 e. The van der Waals surface area contributed by atoms with Crippen molar-refractivity contribution in [2.45, 2.75) is 6.92 Å². The van der Waals surface area contributed by atoms with Gasteiger partial charge in [-0.25, -0.2) is 0 Å². The lowest BCUT2D eigenvalue weighted by Gasteiger charge is -2.09. The van der Waals surface area contributed by atoms with E-state index in [1.165, 1.54) is 18.2 Å². The minimum atomic E-state index is -0.589. The van der Waals surface area contributed by atoms with Crippen molar-refractivity contribution < 1.29 is 9.72 Å². The average Bonchev–Trinajstić information content (AvgIpc) is 2.43. The zero-order valence-electron chi connectivity index (χ0n) is 11.1. The third-order valence-corrected chi connectivity index (χ3v) is 3.98. The van der Waals surface area contributed by atoms with Crippen molar-refractivity contribution in [2.24, 2.45) is 0 Å². The Morgan fingerprint density at radius 2 is 2.05 bits per heavy atom. The number of anilines is 2. The van der Waals surface area contributed by atoms with E-state index >= 15 is 0 Å². The summed E-state index contributed by atoms with van der Waals surface area (Å²) in [5, 5.41) is 13.4. The maximum absolute atomic E-state index is 12.2. The van der Waals surface area contributed by atoms with Crippen LogP contribution in [0.15, 0.2) is 40.9 Å². The number of carbonyl (C=O) groups excluding carboxylic acids is 1. The van der Waals surface area contributed by atoms with Crippen molar-refractivity contribution in [3.8, 4) is 0 Å². The predicted molar refractivity (Wildman–Crippen MR) is 84.3 cm³/mol. The fourth-order valence-corrected chi connectivity index (χ4v) is 2.16. The molecule has 0 atom stereocenters. The molecule has 2 rings (SSSR count). The lowest BCUT2D eigenvalue weighted by atomic mass is 10.1. The van der Waals surface area contributed by atoms with Gasteiger partial charge in [-0.15, -0.1) is 0 Å². The van der Waals surface area contributed by atoms with Gasteiger partial charge in [0, 0.05) is 16.1 Å². The van der Waals surface area contributed by atoms with Crippen LogP contribution in [-0.2, 0) is 0 Å². The monoisotopic (exact) mass is 349 g/mol. The van der Waals surface area contributed by atoms with E-state index in [1.54, 1.807) is 6.07 Å². The normalized spacial score (nSPS) is 10.2. The third-order valence-electron chi connectivity index (χ3n) is 2.93. The van der Waals surface area contributed by atoms with Gasteiger partial charge in [0.05, 0.1) is 10.6 Å². The Morgan fingerprint density at radius 1 is 1.33 bits per heavy atom. The molecule has 21 heavy (non-hydrogen) atoms. The summed E-state index contributed by atoms with van der Waals surface area (Å²) < 4.78 is 0.785. The van der Waals surface area contributed by atoms with Crippen molar-refractivity contribution in [3.05, 3.63) is 62.1 Å². The summed E-state index contributed by atoms with van der Waals surface area (Å²) in [6.07, 6.45) is 0. The lowest BCUT2D eigenvalue weighted by molar-refractivity contribution is -0.383. The predicted octanol–water partition coefficient (Wildman–Crippen LogP) is 3.50. The molecular weight excluding hydrogens is 338 g/mol. The summed E-state index contributed by atoms with van der Waals surface area (Å²) in [6, 6.07) is 9.35. The average molecular weight is 350 g/mol. The zero-order chi connectivity index (χ0) is 15.6. The third kappa shape index (κ3) is 3.19. The van der Waals surface area contributed by atoms with Gasteiger partial charge < -0.3 is 11.1 Å². The number of rotatable bonds is 3. The molecule has 2 aromatic rings. The Balaban J connectivity index is 2.27. The van der Waals surface area contributed by atoms with Crippen molar-refractivity contribution >= 4 is 38.9 Å². The first kappa shape index (κ1) is 15.0. The summed E-state index contributed by atoms with van der Waals surface area (Å²) >= 11 is 3.40. The molecule has 0 aromatic heterocycles. The molecule has 0 aliphatic heterocycles. The molecule has 0 radical (unpaired) electrons. The fourth-order valence-electron chi connectivity index (χ4n) is 1.80. The van der Waals surface area contributed by atoms with Crippen LogP contribution in [0.1, 0.15) is 15.9 Å². The Bertz CT molecular complexity index is 731. The molecule has 0 fully saturated rings. The van der Waals surface area contributed by atoms with E-state index in [2.05, 4.69) is 21.2 Å². The highest BCUT2D eigenvalue weighted by atomic mass is 79.9. The molecule has 7 heteroatoms. The van der Waals surface area contributed by atoms with E-state index in [0.29, 0.717) is 5.69 Å². The van der Waals surface area contributed by atoms with E-state index in [9.17, 15) is 14.9 Å². The number of nitrogens with zero attached hydrogens (tertiary/aromatic N) is 1. The minimum absolute atomic E-state index is 0.0454. The SMILES string of the molecule is Cc1cccc(NC(=O)c2ccc([N+](=O)[O-])c(N)c2)c1Br. The number of aryl methyl sites for hydroxylation is 1. The number of carbonyl (C=O) groups is 1. The first-order chi connectivity index (χ1) is 9.90. The maximum Gasteiger partial charge on any atom is 0.292 e. The van der Waals surface area contributed by atoms with Gasteiger partial charge in [-0.2, -0.15) is 0 Å². The molecule has 0 unspecified atom stereocenters. The molecule has 0 aliphatic rings. The second-order valence-electron chi connectivity index (χ2n) is 4.42. The van der Waals surface area contributed by atoms with Crippen LogP contribution in [0.25, 0.3) is 0 Å². The summed E-state index contributed by atoms with van der Waals surface area (Å²) in [7, 11) is 0. The van der Waals surface area contributed by atoms with Gasteiger partial charge in [0.15, 0.2) is 0 Å². The number of benzene rings is 2. The molecule has 0 aliphatic carbocycles. The molecule has 1 amide bonds. The molecule has 108 valence electrons. The van der Waals surface area contributed by atoms with Gasteiger partial charge in [-0.3, -0.25) is 14.9 Å². The second kappa shape index (κ2) is 5.92. The van der Waals surface area contributed by atoms with Gasteiger partial charge in [0.25, 0.3) is 11.6 Å². The number of amides is 1. The van der Waals surface area contributed by atoms with Crippen molar-refractivity contribution in [1.29, 1.82) is 0 Å². The topological polar surface area (TPSA) is 98.3 Å². The smallest absolute Gasteiger partial charge is 0.292 e. The molecule has 6 nitrogen and oxygen atoms in total.